The molecule has 198 valence electrons. The zero-order chi connectivity index (χ0) is 26.6. The average molecular weight is 544 g/mol. The lowest BCUT2D eigenvalue weighted by Crippen LogP contribution is -2.37. The van der Waals surface area contributed by atoms with Crippen molar-refractivity contribution >= 4 is 34.5 Å². The van der Waals surface area contributed by atoms with E-state index in [1.807, 2.05) is 17.0 Å². The number of hydrogen-bond acceptors (Lipinski definition) is 8. The molecular weight excluding hydrogens is 520 g/mol. The molecule has 0 amide bonds. The monoisotopic (exact) mass is 543 g/mol. The number of benzene rings is 2. The number of anilines is 1. The van der Waals surface area contributed by atoms with Crippen molar-refractivity contribution in [3.8, 4) is 23.1 Å². The molecule has 5 rings (SSSR count). The predicted molar refractivity (Wildman–Crippen MR) is 137 cm³/mol. The van der Waals surface area contributed by atoms with Gasteiger partial charge in [-0.1, -0.05) is 30.3 Å². The van der Waals surface area contributed by atoms with Gasteiger partial charge in [-0.2, -0.15) is 19.3 Å². The maximum atomic E-state index is 14.2. The minimum absolute atomic E-state index is 0.00387. The van der Waals surface area contributed by atoms with Crippen LogP contribution in [0.5, 0.6) is 5.75 Å². The highest BCUT2D eigenvalue weighted by atomic mass is 32.2. The van der Waals surface area contributed by atoms with Crippen LogP contribution in [0.2, 0.25) is 0 Å². The molecule has 2 aromatic carbocycles. The number of rotatable bonds is 8. The molecule has 2 aromatic heterocycles. The maximum Gasteiger partial charge on any atom is 0.296 e. The van der Waals surface area contributed by atoms with E-state index < -0.39 is 23.5 Å². The molecule has 38 heavy (non-hydrogen) atoms. The summed E-state index contributed by atoms with van der Waals surface area (Å²) in [6.45, 7) is 2.04. The van der Waals surface area contributed by atoms with Crippen molar-refractivity contribution < 1.29 is 27.0 Å². The van der Waals surface area contributed by atoms with Crippen LogP contribution in [-0.2, 0) is 22.4 Å². The minimum atomic E-state index is -2.90. The molecule has 0 bridgehead atoms. The lowest BCUT2D eigenvalue weighted by Gasteiger charge is -2.27. The summed E-state index contributed by atoms with van der Waals surface area (Å²) in [5.74, 6) is 0.475. The summed E-state index contributed by atoms with van der Waals surface area (Å²) in [7, 11) is 1.45. The van der Waals surface area contributed by atoms with Crippen LogP contribution in [-0.4, -0.2) is 72.9 Å². The van der Waals surface area contributed by atoms with Gasteiger partial charge in [0.05, 0.1) is 25.8 Å². The average Bonchev–Trinajstić information content (AvgIpc) is 3.34. The molecular formula is C24H23F2N7O4S. The first-order valence-electron chi connectivity index (χ1n) is 11.6. The van der Waals surface area contributed by atoms with E-state index in [1.54, 1.807) is 30.3 Å². The molecule has 0 aliphatic carbocycles. The van der Waals surface area contributed by atoms with E-state index in [2.05, 4.69) is 24.3 Å². The highest BCUT2D eigenvalue weighted by Gasteiger charge is 2.26. The molecule has 1 N–H and O–H groups in total. The van der Waals surface area contributed by atoms with Crippen LogP contribution in [0.4, 0.5) is 14.7 Å². The number of hydrogen-bond donors (Lipinski definition) is 1. The molecule has 1 unspecified atom stereocenters. The largest absolute Gasteiger partial charge is 0.494 e. The van der Waals surface area contributed by atoms with E-state index in [4.69, 9.17) is 14.0 Å². The fourth-order valence-electron chi connectivity index (χ4n) is 4.10. The molecule has 14 heteroatoms. The maximum absolute atomic E-state index is 14.2. The Morgan fingerprint density at radius 2 is 1.84 bits per heavy atom. The van der Waals surface area contributed by atoms with Crippen molar-refractivity contribution in [2.75, 3.05) is 38.3 Å². The molecule has 1 aliphatic rings. The number of methoxy groups -OCH3 is 1. The zero-order valence-corrected chi connectivity index (χ0v) is 21.0. The smallest absolute Gasteiger partial charge is 0.296 e. The minimum Gasteiger partial charge on any atom is -0.494 e. The lowest BCUT2D eigenvalue weighted by molar-refractivity contribution is 0.122. The van der Waals surface area contributed by atoms with Crippen molar-refractivity contribution in [2.24, 2.45) is 4.40 Å². The quantitative estimate of drug-likeness (QED) is 0.263. The highest BCUT2D eigenvalue weighted by molar-refractivity contribution is 7.77. The third-order valence-corrected chi connectivity index (χ3v) is 6.23. The molecule has 0 radical (unpaired) electrons. The Labute approximate surface area is 218 Å². The van der Waals surface area contributed by atoms with Gasteiger partial charge in [0, 0.05) is 31.3 Å². The van der Waals surface area contributed by atoms with Gasteiger partial charge in [0.2, 0.25) is 11.9 Å². The second-order valence-electron chi connectivity index (χ2n) is 8.21. The van der Waals surface area contributed by atoms with Gasteiger partial charge in [-0.05, 0) is 17.7 Å². The number of aromatic nitrogens is 5. The first-order chi connectivity index (χ1) is 18.4. The van der Waals surface area contributed by atoms with Gasteiger partial charge in [-0.3, -0.25) is 9.12 Å². The van der Waals surface area contributed by atoms with Crippen LogP contribution >= 0.6 is 0 Å². The first kappa shape index (κ1) is 25.8. The predicted octanol–water partition coefficient (Wildman–Crippen LogP) is 3.41. The van der Waals surface area contributed by atoms with E-state index >= 15 is 0 Å². The summed E-state index contributed by atoms with van der Waals surface area (Å²) in [4.78, 5) is 19.9. The van der Waals surface area contributed by atoms with Gasteiger partial charge in [-0.25, -0.2) is 18.0 Å². The van der Waals surface area contributed by atoms with E-state index in [1.165, 1.54) is 17.9 Å². The Kier molecular flexibility index (Phi) is 7.62. The topological polar surface area (TPSA) is 128 Å². The summed E-state index contributed by atoms with van der Waals surface area (Å²) in [6, 6.07) is 12.2. The summed E-state index contributed by atoms with van der Waals surface area (Å²) in [6.07, 6.45) is -1.19. The number of nitrogens with zero attached hydrogens (tertiary/aromatic N) is 7. The zero-order valence-electron chi connectivity index (χ0n) is 20.2. The van der Waals surface area contributed by atoms with Crippen molar-refractivity contribution in [1.29, 1.82) is 0 Å². The molecule has 4 aromatic rings. The van der Waals surface area contributed by atoms with Gasteiger partial charge < -0.3 is 14.4 Å². The molecule has 0 spiro atoms. The number of imidazole rings is 1. The first-order valence-corrected chi connectivity index (χ1v) is 12.7. The van der Waals surface area contributed by atoms with E-state index in [-0.39, 0.29) is 17.3 Å². The molecule has 3 heterocycles. The van der Waals surface area contributed by atoms with Crippen molar-refractivity contribution in [2.45, 2.75) is 12.8 Å². The van der Waals surface area contributed by atoms with E-state index in [0.29, 0.717) is 55.5 Å². The normalized spacial score (nSPS) is 15.0. The fourth-order valence-corrected chi connectivity index (χ4v) is 4.30. The number of halogens is 2. The van der Waals surface area contributed by atoms with Gasteiger partial charge in [-0.15, -0.1) is 0 Å². The van der Waals surface area contributed by atoms with E-state index in [9.17, 15) is 13.0 Å². The Hall–Kier alpha value is -3.88. The summed E-state index contributed by atoms with van der Waals surface area (Å²) in [5, 5.41) is 0. The van der Waals surface area contributed by atoms with Crippen LogP contribution in [0.25, 0.3) is 28.4 Å². The van der Waals surface area contributed by atoms with E-state index in [0.717, 1.165) is 5.56 Å². The molecule has 0 saturated carbocycles. The number of para-hydroxylation sites is 1. The van der Waals surface area contributed by atoms with Gasteiger partial charge >= 0.3 is 0 Å². The number of ether oxygens (including phenoxy) is 2. The van der Waals surface area contributed by atoms with Crippen molar-refractivity contribution in [1.82, 2.24) is 24.5 Å². The van der Waals surface area contributed by atoms with Gasteiger partial charge in [0.1, 0.15) is 11.3 Å². The van der Waals surface area contributed by atoms with Gasteiger partial charge in [0.15, 0.2) is 11.6 Å². The molecule has 1 fully saturated rings. The molecule has 1 saturated heterocycles. The van der Waals surface area contributed by atoms with Crippen LogP contribution in [0.1, 0.15) is 17.8 Å². The van der Waals surface area contributed by atoms with Crippen molar-refractivity contribution in [3.63, 3.8) is 0 Å². The number of fused-ring (bicyclic) bond motifs is 1. The third-order valence-electron chi connectivity index (χ3n) is 5.90. The summed E-state index contributed by atoms with van der Waals surface area (Å²) >= 11 is -2.25. The van der Waals surface area contributed by atoms with Crippen LogP contribution in [0.3, 0.4) is 0 Å². The lowest BCUT2D eigenvalue weighted by atomic mass is 10.1. The van der Waals surface area contributed by atoms with Crippen LogP contribution in [0, 0.1) is 0 Å². The summed E-state index contributed by atoms with van der Waals surface area (Å²) in [5.41, 5.74) is 2.13. The van der Waals surface area contributed by atoms with Crippen molar-refractivity contribution in [3.05, 3.63) is 53.9 Å². The number of alkyl halides is 2. The van der Waals surface area contributed by atoms with Gasteiger partial charge in [0.25, 0.3) is 17.7 Å². The molecule has 1 aliphatic heterocycles. The Morgan fingerprint density at radius 3 is 2.53 bits per heavy atom. The number of morpholine rings is 1. The Bertz CT molecular complexity index is 1490. The third kappa shape index (κ3) is 5.37. The Morgan fingerprint density at radius 1 is 1.11 bits per heavy atom. The fraction of sp³-hybridized carbons (Fsp3) is 0.292. The Balaban J connectivity index is 1.63. The SMILES string of the molecule is COc1cccc2c1nc(C(F)F)n2-c1nc(-c2ccc(CC=NS(=O)O)cc2)nc(N2CCOCC2)n1. The van der Waals surface area contributed by atoms with Crippen LogP contribution < -0.4 is 9.64 Å². The molecule has 11 nitrogen and oxygen atoms in total. The standard InChI is InChI=1S/C24H23F2N7O4S/c1-36-18-4-2-3-17-19(18)28-22(20(25)26)33(17)24-30-21(29-23(31-24)32-11-13-37-14-12-32)16-7-5-15(6-8-16)9-10-27-38(34)35/h2-8,10,20H,9,11-14H2,1H3,(H,34,35). The van der Waals surface area contributed by atoms with Crippen LogP contribution in [0.15, 0.2) is 46.9 Å². The molecule has 1 atom stereocenters. The second kappa shape index (κ2) is 11.2. The second-order valence-corrected chi connectivity index (χ2v) is 8.88. The summed E-state index contributed by atoms with van der Waals surface area (Å²) < 4.78 is 63.4. The highest BCUT2D eigenvalue weighted by Crippen LogP contribution is 2.32.